The van der Waals surface area contributed by atoms with Gasteiger partial charge in [-0.05, 0) is 37.6 Å². The highest BCUT2D eigenvalue weighted by Crippen LogP contribution is 2.28. The first-order valence-corrected chi connectivity index (χ1v) is 6.43. The molecule has 1 fully saturated rings. The van der Waals surface area contributed by atoms with Crippen LogP contribution in [0.3, 0.4) is 0 Å². The molecule has 1 aromatic rings. The number of hydrogen-bond donors (Lipinski definition) is 1. The van der Waals surface area contributed by atoms with E-state index in [1.54, 1.807) is 14.2 Å². The average molecular weight is 250 g/mol. The molecule has 0 bridgehead atoms. The van der Waals surface area contributed by atoms with E-state index in [0.717, 1.165) is 36.7 Å². The van der Waals surface area contributed by atoms with Crippen LogP contribution in [0.5, 0.6) is 11.5 Å². The smallest absolute Gasteiger partial charge is 0.123 e. The average Bonchev–Trinajstić information content (AvgIpc) is 2.86. The number of rotatable bonds is 5. The third-order valence-corrected chi connectivity index (χ3v) is 3.63. The second-order valence-electron chi connectivity index (χ2n) is 4.68. The zero-order chi connectivity index (χ0) is 13.0. The molecule has 1 aliphatic heterocycles. The van der Waals surface area contributed by atoms with Gasteiger partial charge in [0, 0.05) is 24.7 Å². The van der Waals surface area contributed by atoms with Gasteiger partial charge in [-0.3, -0.25) is 4.90 Å². The van der Waals surface area contributed by atoms with E-state index in [4.69, 9.17) is 15.2 Å². The van der Waals surface area contributed by atoms with Crippen molar-refractivity contribution in [3.63, 3.8) is 0 Å². The fourth-order valence-electron chi connectivity index (χ4n) is 2.59. The number of nitrogens with zero attached hydrogens (tertiary/aromatic N) is 1. The van der Waals surface area contributed by atoms with Crippen LogP contribution in [0.1, 0.15) is 18.4 Å². The molecule has 0 saturated carbocycles. The Labute approximate surface area is 109 Å². The van der Waals surface area contributed by atoms with Crippen LogP contribution in [0.15, 0.2) is 18.2 Å². The Morgan fingerprint density at radius 2 is 2.17 bits per heavy atom. The molecule has 18 heavy (non-hydrogen) atoms. The summed E-state index contributed by atoms with van der Waals surface area (Å²) in [6, 6.07) is 6.43. The fraction of sp³-hybridized carbons (Fsp3) is 0.571. The highest BCUT2D eigenvalue weighted by molar-refractivity contribution is 5.40. The molecule has 1 aromatic carbocycles. The molecule has 1 aliphatic rings. The molecule has 2 N–H and O–H groups in total. The van der Waals surface area contributed by atoms with E-state index >= 15 is 0 Å². The fourth-order valence-corrected chi connectivity index (χ4v) is 2.59. The largest absolute Gasteiger partial charge is 0.497 e. The minimum Gasteiger partial charge on any atom is -0.497 e. The van der Waals surface area contributed by atoms with Crippen molar-refractivity contribution in [2.45, 2.75) is 25.4 Å². The first-order chi connectivity index (χ1) is 8.78. The summed E-state index contributed by atoms with van der Waals surface area (Å²) >= 11 is 0. The van der Waals surface area contributed by atoms with Crippen LogP contribution in [0.2, 0.25) is 0 Å². The Balaban J connectivity index is 2.16. The molecule has 0 spiro atoms. The Bertz CT molecular complexity index is 395. The molecule has 0 aliphatic carbocycles. The third-order valence-electron chi connectivity index (χ3n) is 3.63. The normalized spacial score (nSPS) is 20.1. The highest BCUT2D eigenvalue weighted by atomic mass is 16.5. The van der Waals surface area contributed by atoms with Gasteiger partial charge in [-0.2, -0.15) is 0 Å². The van der Waals surface area contributed by atoms with Gasteiger partial charge in [0.2, 0.25) is 0 Å². The van der Waals surface area contributed by atoms with E-state index in [-0.39, 0.29) is 0 Å². The Hall–Kier alpha value is -1.26. The van der Waals surface area contributed by atoms with Crippen molar-refractivity contribution in [3.8, 4) is 11.5 Å². The van der Waals surface area contributed by atoms with Gasteiger partial charge in [0.15, 0.2) is 0 Å². The summed E-state index contributed by atoms with van der Waals surface area (Å²) in [6.45, 7) is 2.72. The number of likely N-dealkylation sites (tertiary alicyclic amines) is 1. The number of hydrogen-bond acceptors (Lipinski definition) is 4. The van der Waals surface area contributed by atoms with Crippen molar-refractivity contribution < 1.29 is 9.47 Å². The lowest BCUT2D eigenvalue weighted by Crippen LogP contribution is -2.34. The van der Waals surface area contributed by atoms with Crippen molar-refractivity contribution in [1.82, 2.24) is 4.90 Å². The maximum Gasteiger partial charge on any atom is 0.123 e. The molecule has 4 nitrogen and oxygen atoms in total. The van der Waals surface area contributed by atoms with Gasteiger partial charge in [0.25, 0.3) is 0 Å². The Morgan fingerprint density at radius 3 is 2.83 bits per heavy atom. The van der Waals surface area contributed by atoms with Crippen LogP contribution in [0.25, 0.3) is 0 Å². The van der Waals surface area contributed by atoms with Crippen LogP contribution < -0.4 is 15.2 Å². The van der Waals surface area contributed by atoms with E-state index in [0.29, 0.717) is 6.04 Å². The second-order valence-corrected chi connectivity index (χ2v) is 4.68. The van der Waals surface area contributed by atoms with Crippen LogP contribution >= 0.6 is 0 Å². The monoisotopic (exact) mass is 250 g/mol. The van der Waals surface area contributed by atoms with E-state index in [9.17, 15) is 0 Å². The summed E-state index contributed by atoms with van der Waals surface area (Å²) in [7, 11) is 3.39. The van der Waals surface area contributed by atoms with Crippen molar-refractivity contribution in [2.24, 2.45) is 5.73 Å². The van der Waals surface area contributed by atoms with Crippen molar-refractivity contribution in [1.29, 1.82) is 0 Å². The maximum absolute atomic E-state index is 5.81. The minimum absolute atomic E-state index is 0.501. The molecular weight excluding hydrogens is 228 g/mol. The maximum atomic E-state index is 5.81. The van der Waals surface area contributed by atoms with E-state index < -0.39 is 0 Å². The summed E-state index contributed by atoms with van der Waals surface area (Å²) in [4.78, 5) is 2.43. The molecule has 100 valence electrons. The molecule has 4 heteroatoms. The predicted molar refractivity (Wildman–Crippen MR) is 72.0 cm³/mol. The van der Waals surface area contributed by atoms with Gasteiger partial charge in [0.05, 0.1) is 14.2 Å². The summed E-state index contributed by atoms with van der Waals surface area (Å²) in [6.07, 6.45) is 2.43. The molecule has 2 rings (SSSR count). The lowest BCUT2D eigenvalue weighted by Gasteiger charge is -2.24. The van der Waals surface area contributed by atoms with Gasteiger partial charge in [-0.1, -0.05) is 0 Å². The molecule has 1 heterocycles. The summed E-state index contributed by atoms with van der Waals surface area (Å²) in [5, 5.41) is 0. The summed E-state index contributed by atoms with van der Waals surface area (Å²) in [5.41, 5.74) is 6.97. The van der Waals surface area contributed by atoms with Crippen molar-refractivity contribution in [3.05, 3.63) is 23.8 Å². The van der Waals surface area contributed by atoms with E-state index in [2.05, 4.69) is 4.90 Å². The summed E-state index contributed by atoms with van der Waals surface area (Å²) < 4.78 is 10.7. The number of benzene rings is 1. The summed E-state index contributed by atoms with van der Waals surface area (Å²) in [5.74, 6) is 1.78. The molecule has 1 atom stereocenters. The molecule has 1 unspecified atom stereocenters. The molecule has 0 radical (unpaired) electrons. The molecule has 1 saturated heterocycles. The van der Waals surface area contributed by atoms with Crippen LogP contribution in [0.4, 0.5) is 0 Å². The van der Waals surface area contributed by atoms with Gasteiger partial charge in [-0.25, -0.2) is 0 Å². The number of methoxy groups -OCH3 is 2. The Morgan fingerprint density at radius 1 is 1.33 bits per heavy atom. The standard InChI is InChI=1S/C14H22N2O2/c1-17-13-5-6-14(18-2)11(8-13)10-16-7-3-4-12(16)9-15/h5-6,8,12H,3-4,7,9-10,15H2,1-2H3. The van der Waals surface area contributed by atoms with Crippen LogP contribution in [-0.2, 0) is 6.54 Å². The van der Waals surface area contributed by atoms with Crippen LogP contribution in [0, 0.1) is 0 Å². The van der Waals surface area contributed by atoms with Gasteiger partial charge < -0.3 is 15.2 Å². The molecule has 0 amide bonds. The zero-order valence-corrected chi connectivity index (χ0v) is 11.2. The van der Waals surface area contributed by atoms with Gasteiger partial charge in [-0.15, -0.1) is 0 Å². The van der Waals surface area contributed by atoms with Crippen molar-refractivity contribution in [2.75, 3.05) is 27.3 Å². The first-order valence-electron chi connectivity index (χ1n) is 6.43. The van der Waals surface area contributed by atoms with Gasteiger partial charge in [0.1, 0.15) is 11.5 Å². The number of nitrogens with two attached hydrogens (primary N) is 1. The SMILES string of the molecule is COc1ccc(OC)c(CN2CCCC2CN)c1. The first kappa shape index (κ1) is 13.2. The van der Waals surface area contributed by atoms with Gasteiger partial charge >= 0.3 is 0 Å². The second kappa shape index (κ2) is 6.07. The zero-order valence-electron chi connectivity index (χ0n) is 11.2. The van der Waals surface area contributed by atoms with Crippen molar-refractivity contribution >= 4 is 0 Å². The quantitative estimate of drug-likeness (QED) is 0.863. The van der Waals surface area contributed by atoms with E-state index in [1.165, 1.54) is 12.8 Å². The lowest BCUT2D eigenvalue weighted by atomic mass is 10.1. The minimum atomic E-state index is 0.501. The topological polar surface area (TPSA) is 47.7 Å². The van der Waals surface area contributed by atoms with E-state index in [1.807, 2.05) is 18.2 Å². The van der Waals surface area contributed by atoms with Crippen LogP contribution in [-0.4, -0.2) is 38.3 Å². The molecular formula is C14H22N2O2. The lowest BCUT2D eigenvalue weighted by molar-refractivity contribution is 0.246. The Kier molecular flexibility index (Phi) is 4.44. The highest BCUT2D eigenvalue weighted by Gasteiger charge is 2.24. The molecule has 0 aromatic heterocycles. The number of ether oxygens (including phenoxy) is 2. The third kappa shape index (κ3) is 2.76. The predicted octanol–water partition coefficient (Wildman–Crippen LogP) is 1.63.